The Morgan fingerprint density at radius 2 is 1.96 bits per heavy atom. The van der Waals surface area contributed by atoms with E-state index >= 15 is 0 Å². The van der Waals surface area contributed by atoms with Gasteiger partial charge in [0.25, 0.3) is 0 Å². The fourth-order valence-electron chi connectivity index (χ4n) is 3.39. The lowest BCUT2D eigenvalue weighted by Gasteiger charge is -2.14. The maximum Gasteiger partial charge on any atom is 0.314 e. The van der Waals surface area contributed by atoms with Crippen molar-refractivity contribution in [1.29, 1.82) is 0 Å². The van der Waals surface area contributed by atoms with E-state index in [0.29, 0.717) is 18.7 Å². The highest BCUT2D eigenvalue weighted by Crippen LogP contribution is 2.49. The second-order valence-electron chi connectivity index (χ2n) is 6.92. The lowest BCUT2D eigenvalue weighted by atomic mass is 9.91. The number of nitrogens with zero attached hydrogens (tertiary/aromatic N) is 3. The molecule has 1 fully saturated rings. The second kappa shape index (κ2) is 5.69. The Hall–Kier alpha value is -3.15. The van der Waals surface area contributed by atoms with Crippen LogP contribution in [0.2, 0.25) is 0 Å². The molecule has 0 amide bonds. The van der Waals surface area contributed by atoms with Crippen molar-refractivity contribution in [3.05, 3.63) is 53.9 Å². The zero-order chi connectivity index (χ0) is 18.5. The molecule has 4 rings (SSSR count). The van der Waals surface area contributed by atoms with Crippen molar-refractivity contribution in [1.82, 2.24) is 14.8 Å². The van der Waals surface area contributed by atoms with Gasteiger partial charge in [-0.2, -0.15) is 5.10 Å². The number of benzene rings is 1. The Morgan fingerprint density at radius 3 is 2.46 bits per heavy atom. The number of rotatable bonds is 4. The number of anilines is 1. The molecule has 3 N–H and O–H groups in total. The van der Waals surface area contributed by atoms with Crippen molar-refractivity contribution in [2.24, 2.45) is 7.05 Å². The van der Waals surface area contributed by atoms with Crippen LogP contribution in [0, 0.1) is 6.92 Å². The van der Waals surface area contributed by atoms with Crippen LogP contribution in [0.4, 0.5) is 5.82 Å². The van der Waals surface area contributed by atoms with Crippen LogP contribution in [0.5, 0.6) is 0 Å². The molecule has 0 bridgehead atoms. The summed E-state index contributed by atoms with van der Waals surface area (Å²) in [4.78, 5) is 16.0. The number of nitrogen functional groups attached to an aromatic ring is 1. The van der Waals surface area contributed by atoms with Gasteiger partial charge in [0.2, 0.25) is 0 Å². The Morgan fingerprint density at radius 1 is 1.19 bits per heavy atom. The molecule has 0 saturated heterocycles. The fourth-order valence-corrected chi connectivity index (χ4v) is 3.39. The summed E-state index contributed by atoms with van der Waals surface area (Å²) in [5.41, 5.74) is 10.9. The highest BCUT2D eigenvalue weighted by Gasteiger charge is 2.51. The largest absolute Gasteiger partial charge is 0.481 e. The lowest BCUT2D eigenvalue weighted by molar-refractivity contribution is -0.140. The molecule has 2 heterocycles. The molecule has 3 aromatic rings. The Balaban J connectivity index is 1.66. The minimum atomic E-state index is -0.732. The van der Waals surface area contributed by atoms with Crippen LogP contribution in [0.25, 0.3) is 22.4 Å². The van der Waals surface area contributed by atoms with E-state index in [1.165, 1.54) is 0 Å². The molecule has 1 aliphatic carbocycles. The maximum atomic E-state index is 11.5. The fraction of sp³-hybridized carbons (Fsp3) is 0.250. The number of hydrogen-bond donors (Lipinski definition) is 2. The standard InChI is InChI=1S/C20H20N4O2/c1-12-9-14(20(7-8-20)19(25)26)4-5-15(12)13-3-6-17(22-10-13)16-11-23-24(2)18(16)21/h3-6,9-11H,7-8,21H2,1-2H3,(H,25,26). The summed E-state index contributed by atoms with van der Waals surface area (Å²) in [5, 5.41) is 13.6. The first-order chi connectivity index (χ1) is 12.4. The molecule has 0 atom stereocenters. The van der Waals surface area contributed by atoms with Gasteiger partial charge in [-0.1, -0.05) is 24.3 Å². The molecule has 2 aromatic heterocycles. The van der Waals surface area contributed by atoms with Crippen LogP contribution in [0.15, 0.2) is 42.7 Å². The topological polar surface area (TPSA) is 94.0 Å². The van der Waals surface area contributed by atoms with Gasteiger partial charge in [0.15, 0.2) is 0 Å². The molecule has 0 unspecified atom stereocenters. The molecule has 26 heavy (non-hydrogen) atoms. The van der Waals surface area contributed by atoms with Crippen molar-refractivity contribution >= 4 is 11.8 Å². The molecule has 0 radical (unpaired) electrons. The smallest absolute Gasteiger partial charge is 0.314 e. The zero-order valence-electron chi connectivity index (χ0n) is 14.7. The quantitative estimate of drug-likeness (QED) is 0.755. The van der Waals surface area contributed by atoms with E-state index in [9.17, 15) is 9.90 Å². The first kappa shape index (κ1) is 16.3. The van der Waals surface area contributed by atoms with Gasteiger partial charge in [0.1, 0.15) is 5.82 Å². The van der Waals surface area contributed by atoms with E-state index < -0.39 is 11.4 Å². The summed E-state index contributed by atoms with van der Waals surface area (Å²) < 4.78 is 1.62. The summed E-state index contributed by atoms with van der Waals surface area (Å²) in [6.07, 6.45) is 4.94. The van der Waals surface area contributed by atoms with E-state index in [1.54, 1.807) is 17.9 Å². The number of hydrogen-bond acceptors (Lipinski definition) is 4. The highest BCUT2D eigenvalue weighted by molar-refractivity contribution is 5.85. The number of aryl methyl sites for hydroxylation is 2. The van der Waals surface area contributed by atoms with Crippen LogP contribution in [0.1, 0.15) is 24.0 Å². The minimum absolute atomic E-state index is 0.578. The first-order valence-corrected chi connectivity index (χ1v) is 8.51. The molecular weight excluding hydrogens is 328 g/mol. The molecule has 0 aliphatic heterocycles. The third-order valence-electron chi connectivity index (χ3n) is 5.27. The van der Waals surface area contributed by atoms with Crippen molar-refractivity contribution < 1.29 is 9.90 Å². The van der Waals surface area contributed by atoms with Crippen molar-refractivity contribution in [3.63, 3.8) is 0 Å². The number of carboxylic acid groups (broad SMARTS) is 1. The number of carboxylic acids is 1. The number of aliphatic carboxylic acids is 1. The summed E-state index contributed by atoms with van der Waals surface area (Å²) in [5.74, 6) is -0.154. The SMILES string of the molecule is Cc1cc(C2(C(=O)O)CC2)ccc1-c1ccc(-c2cnn(C)c2N)nc1. The summed E-state index contributed by atoms with van der Waals surface area (Å²) in [6.45, 7) is 2.00. The molecule has 1 aliphatic rings. The van der Waals surface area contributed by atoms with Crippen molar-refractivity contribution in [3.8, 4) is 22.4 Å². The average Bonchev–Trinajstić information content (AvgIpc) is 3.38. The highest BCUT2D eigenvalue weighted by atomic mass is 16.4. The third kappa shape index (κ3) is 2.45. The van der Waals surface area contributed by atoms with Gasteiger partial charge >= 0.3 is 5.97 Å². The van der Waals surface area contributed by atoms with Gasteiger partial charge in [-0.15, -0.1) is 0 Å². The summed E-state index contributed by atoms with van der Waals surface area (Å²) >= 11 is 0. The van der Waals surface area contributed by atoms with Crippen LogP contribution < -0.4 is 5.73 Å². The van der Waals surface area contributed by atoms with E-state index in [0.717, 1.165) is 33.5 Å². The Labute approximate surface area is 151 Å². The molecule has 132 valence electrons. The van der Waals surface area contributed by atoms with E-state index in [2.05, 4.69) is 10.1 Å². The van der Waals surface area contributed by atoms with Crippen LogP contribution in [-0.4, -0.2) is 25.8 Å². The van der Waals surface area contributed by atoms with Crippen molar-refractivity contribution in [2.75, 3.05) is 5.73 Å². The lowest BCUT2D eigenvalue weighted by Crippen LogP contribution is -2.19. The van der Waals surface area contributed by atoms with Gasteiger partial charge in [-0.05, 0) is 42.5 Å². The van der Waals surface area contributed by atoms with E-state index in [4.69, 9.17) is 5.73 Å². The predicted octanol–water partition coefficient (Wildman–Crippen LogP) is 3.16. The molecule has 1 aromatic carbocycles. The normalized spacial score (nSPS) is 15.0. The summed E-state index contributed by atoms with van der Waals surface area (Å²) in [6, 6.07) is 9.83. The molecule has 1 saturated carbocycles. The molecular formula is C20H20N4O2. The van der Waals surface area contributed by atoms with Gasteiger partial charge in [-0.3, -0.25) is 14.5 Å². The number of carbonyl (C=O) groups is 1. The average molecular weight is 348 g/mol. The van der Waals surface area contributed by atoms with Gasteiger partial charge in [0.05, 0.1) is 22.9 Å². The summed E-state index contributed by atoms with van der Waals surface area (Å²) in [7, 11) is 1.79. The number of aromatic nitrogens is 3. The van der Waals surface area contributed by atoms with E-state index in [1.807, 2.05) is 43.5 Å². The predicted molar refractivity (Wildman–Crippen MR) is 99.6 cm³/mol. The van der Waals surface area contributed by atoms with Crippen molar-refractivity contribution in [2.45, 2.75) is 25.2 Å². The second-order valence-corrected chi connectivity index (χ2v) is 6.92. The van der Waals surface area contributed by atoms with E-state index in [-0.39, 0.29) is 0 Å². The Kier molecular flexibility index (Phi) is 3.57. The zero-order valence-corrected chi connectivity index (χ0v) is 14.7. The molecule has 6 heteroatoms. The van der Waals surface area contributed by atoms with Crippen LogP contribution in [-0.2, 0) is 17.3 Å². The first-order valence-electron chi connectivity index (χ1n) is 8.51. The third-order valence-corrected chi connectivity index (χ3v) is 5.27. The molecule has 6 nitrogen and oxygen atoms in total. The number of nitrogens with two attached hydrogens (primary N) is 1. The maximum absolute atomic E-state index is 11.5. The van der Waals surface area contributed by atoms with Gasteiger partial charge in [-0.25, -0.2) is 0 Å². The van der Waals surface area contributed by atoms with Gasteiger partial charge in [0, 0.05) is 18.8 Å². The number of pyridine rings is 1. The van der Waals surface area contributed by atoms with Crippen LogP contribution in [0.3, 0.4) is 0 Å². The van der Waals surface area contributed by atoms with Gasteiger partial charge < -0.3 is 10.8 Å². The molecule has 0 spiro atoms. The van der Waals surface area contributed by atoms with Crippen LogP contribution >= 0.6 is 0 Å². The monoisotopic (exact) mass is 348 g/mol. The minimum Gasteiger partial charge on any atom is -0.481 e. The Bertz CT molecular complexity index is 1000.